The Morgan fingerprint density at radius 3 is 2.66 bits per heavy atom. The van der Waals surface area contributed by atoms with E-state index in [2.05, 4.69) is 4.99 Å². The van der Waals surface area contributed by atoms with E-state index in [1.54, 1.807) is 23.6 Å². The summed E-state index contributed by atoms with van der Waals surface area (Å²) in [4.78, 5) is 29.5. The maximum Gasteiger partial charge on any atom is 0.326 e. The van der Waals surface area contributed by atoms with Crippen LogP contribution in [0.3, 0.4) is 0 Å². The van der Waals surface area contributed by atoms with Crippen molar-refractivity contribution in [1.82, 2.24) is 4.57 Å². The molecule has 0 atom stereocenters. The summed E-state index contributed by atoms with van der Waals surface area (Å²) in [6, 6.07) is 10.1. The molecule has 3 aromatic rings. The van der Waals surface area contributed by atoms with Crippen LogP contribution in [0.25, 0.3) is 10.2 Å². The van der Waals surface area contributed by atoms with E-state index in [-0.39, 0.29) is 23.7 Å². The Hall–Kier alpha value is -2.35. The lowest BCUT2D eigenvalue weighted by molar-refractivity contribution is -0.143. The highest BCUT2D eigenvalue weighted by molar-refractivity contribution is 7.16. The molecule has 6 nitrogen and oxygen atoms in total. The first-order valence-electron chi connectivity index (χ1n) is 8.89. The predicted octanol–water partition coefficient (Wildman–Crippen LogP) is 4.71. The number of ether oxygens (including phenoxy) is 2. The van der Waals surface area contributed by atoms with Crippen molar-refractivity contribution in [2.45, 2.75) is 20.4 Å². The molecule has 0 radical (unpaired) electrons. The highest BCUT2D eigenvalue weighted by Gasteiger charge is 2.17. The number of esters is 1. The number of carbonyl (C=O) groups is 2. The summed E-state index contributed by atoms with van der Waals surface area (Å²) < 4.78 is 13.2. The van der Waals surface area contributed by atoms with E-state index in [9.17, 15) is 9.59 Å². The molecule has 0 saturated carbocycles. The van der Waals surface area contributed by atoms with Crippen LogP contribution < -0.4 is 9.54 Å². The molecular formula is C20H18Cl2N2O4S. The topological polar surface area (TPSA) is 69.9 Å². The Kier molecular flexibility index (Phi) is 6.95. The second-order valence-electron chi connectivity index (χ2n) is 5.85. The maximum absolute atomic E-state index is 12.8. The van der Waals surface area contributed by atoms with Crippen LogP contribution in [0.15, 0.2) is 41.4 Å². The van der Waals surface area contributed by atoms with Crippen LogP contribution in [0.4, 0.5) is 0 Å². The third kappa shape index (κ3) is 4.80. The fourth-order valence-corrected chi connectivity index (χ4v) is 4.16. The monoisotopic (exact) mass is 452 g/mol. The molecule has 0 unspecified atom stereocenters. The predicted molar refractivity (Wildman–Crippen MR) is 114 cm³/mol. The normalized spacial score (nSPS) is 11.7. The second-order valence-corrected chi connectivity index (χ2v) is 7.71. The van der Waals surface area contributed by atoms with E-state index in [0.29, 0.717) is 27.7 Å². The van der Waals surface area contributed by atoms with Gasteiger partial charge in [-0.3, -0.25) is 9.59 Å². The van der Waals surface area contributed by atoms with Crippen molar-refractivity contribution in [2.24, 2.45) is 4.99 Å². The molecule has 2 aromatic carbocycles. The molecule has 152 valence electrons. The minimum Gasteiger partial charge on any atom is -0.492 e. The van der Waals surface area contributed by atoms with Gasteiger partial charge in [0.15, 0.2) is 4.80 Å². The molecule has 0 saturated heterocycles. The van der Waals surface area contributed by atoms with E-state index in [4.69, 9.17) is 32.7 Å². The summed E-state index contributed by atoms with van der Waals surface area (Å²) in [6.45, 7) is 4.21. The maximum atomic E-state index is 12.8. The minimum atomic E-state index is -0.556. The van der Waals surface area contributed by atoms with Gasteiger partial charge < -0.3 is 14.0 Å². The summed E-state index contributed by atoms with van der Waals surface area (Å²) in [5, 5.41) is 0.624. The Morgan fingerprint density at radius 2 is 1.93 bits per heavy atom. The SMILES string of the molecule is CCOC(=O)Cn1c(=NC(=O)c2cc(Cl)ccc2Cl)sc2cccc(OCC)c21. The van der Waals surface area contributed by atoms with Crippen molar-refractivity contribution in [2.75, 3.05) is 13.2 Å². The molecule has 29 heavy (non-hydrogen) atoms. The second kappa shape index (κ2) is 9.43. The lowest BCUT2D eigenvalue weighted by atomic mass is 10.2. The van der Waals surface area contributed by atoms with Crippen LogP contribution in [0, 0.1) is 0 Å². The van der Waals surface area contributed by atoms with Gasteiger partial charge in [-0.25, -0.2) is 0 Å². The smallest absolute Gasteiger partial charge is 0.326 e. The first-order chi connectivity index (χ1) is 13.9. The Balaban J connectivity index is 2.19. The van der Waals surface area contributed by atoms with Crippen molar-refractivity contribution in [1.29, 1.82) is 0 Å². The van der Waals surface area contributed by atoms with Crippen molar-refractivity contribution in [3.05, 3.63) is 56.8 Å². The molecule has 3 rings (SSSR count). The van der Waals surface area contributed by atoms with Gasteiger partial charge in [0.25, 0.3) is 5.91 Å². The number of nitrogens with zero attached hydrogens (tertiary/aromatic N) is 2. The number of carbonyl (C=O) groups excluding carboxylic acids is 2. The fourth-order valence-electron chi connectivity index (χ4n) is 2.75. The highest BCUT2D eigenvalue weighted by Crippen LogP contribution is 2.28. The Labute approximate surface area is 181 Å². The average molecular weight is 453 g/mol. The van der Waals surface area contributed by atoms with E-state index in [1.807, 2.05) is 19.1 Å². The molecule has 0 aliphatic rings. The summed E-state index contributed by atoms with van der Waals surface area (Å²) in [5.41, 5.74) is 0.862. The lowest BCUT2D eigenvalue weighted by Gasteiger charge is -2.09. The van der Waals surface area contributed by atoms with Crippen LogP contribution >= 0.6 is 34.5 Å². The van der Waals surface area contributed by atoms with Gasteiger partial charge in [-0.05, 0) is 44.2 Å². The van der Waals surface area contributed by atoms with Gasteiger partial charge in [-0.2, -0.15) is 4.99 Å². The molecule has 0 spiro atoms. The van der Waals surface area contributed by atoms with E-state index in [1.165, 1.54) is 23.5 Å². The summed E-state index contributed by atoms with van der Waals surface area (Å²) in [5.74, 6) is -0.395. The van der Waals surface area contributed by atoms with Gasteiger partial charge in [-0.1, -0.05) is 40.6 Å². The van der Waals surface area contributed by atoms with Crippen LogP contribution in [0.2, 0.25) is 10.0 Å². The molecule has 1 aromatic heterocycles. The lowest BCUT2D eigenvalue weighted by Crippen LogP contribution is -2.23. The van der Waals surface area contributed by atoms with Crippen LogP contribution in [0.5, 0.6) is 5.75 Å². The third-order valence-electron chi connectivity index (χ3n) is 3.91. The van der Waals surface area contributed by atoms with Gasteiger partial charge in [0.1, 0.15) is 17.8 Å². The summed E-state index contributed by atoms with van der Waals surface area (Å²) >= 11 is 13.4. The number of rotatable bonds is 6. The van der Waals surface area contributed by atoms with Gasteiger partial charge in [0.2, 0.25) is 0 Å². The molecular weight excluding hydrogens is 435 g/mol. The summed E-state index contributed by atoms with van der Waals surface area (Å²) in [7, 11) is 0. The van der Waals surface area contributed by atoms with Crippen molar-refractivity contribution < 1.29 is 19.1 Å². The average Bonchev–Trinajstić information content (AvgIpc) is 3.02. The number of benzene rings is 2. The number of para-hydroxylation sites is 1. The van der Waals surface area contributed by atoms with Crippen LogP contribution in [0.1, 0.15) is 24.2 Å². The zero-order valence-corrected chi connectivity index (χ0v) is 18.1. The number of aromatic nitrogens is 1. The largest absolute Gasteiger partial charge is 0.492 e. The number of thiazole rings is 1. The molecule has 0 fully saturated rings. The zero-order valence-electron chi connectivity index (χ0n) is 15.8. The van der Waals surface area contributed by atoms with Crippen molar-refractivity contribution in [3.8, 4) is 5.75 Å². The molecule has 9 heteroatoms. The molecule has 0 bridgehead atoms. The highest BCUT2D eigenvalue weighted by atomic mass is 35.5. The fraction of sp³-hybridized carbons (Fsp3) is 0.250. The first-order valence-corrected chi connectivity index (χ1v) is 10.5. The van der Waals surface area contributed by atoms with Crippen molar-refractivity contribution >= 4 is 56.6 Å². The molecule has 0 aliphatic heterocycles. The minimum absolute atomic E-state index is 0.104. The number of amides is 1. The van der Waals surface area contributed by atoms with Crippen LogP contribution in [-0.2, 0) is 16.1 Å². The Morgan fingerprint density at radius 1 is 1.14 bits per heavy atom. The van der Waals surface area contributed by atoms with Gasteiger partial charge >= 0.3 is 5.97 Å². The first kappa shape index (κ1) is 21.4. The number of hydrogen-bond acceptors (Lipinski definition) is 5. The van der Waals surface area contributed by atoms with Crippen LogP contribution in [-0.4, -0.2) is 29.7 Å². The number of halogens is 2. The molecule has 0 aliphatic carbocycles. The van der Waals surface area contributed by atoms with Gasteiger partial charge in [0, 0.05) is 5.02 Å². The quantitative estimate of drug-likeness (QED) is 0.507. The van der Waals surface area contributed by atoms with E-state index in [0.717, 1.165) is 4.70 Å². The zero-order chi connectivity index (χ0) is 21.0. The molecule has 1 heterocycles. The standard InChI is InChI=1S/C20H18Cl2N2O4S/c1-3-27-15-6-5-7-16-18(15)24(11-17(25)28-4-2)20(29-16)23-19(26)13-10-12(21)8-9-14(13)22/h5-10H,3-4,11H2,1-2H3. The summed E-state index contributed by atoms with van der Waals surface area (Å²) in [6.07, 6.45) is 0. The van der Waals surface area contributed by atoms with Gasteiger partial charge in [-0.15, -0.1) is 0 Å². The van der Waals surface area contributed by atoms with Crippen molar-refractivity contribution in [3.63, 3.8) is 0 Å². The molecule has 1 amide bonds. The van der Waals surface area contributed by atoms with E-state index < -0.39 is 11.9 Å². The van der Waals surface area contributed by atoms with E-state index >= 15 is 0 Å². The third-order valence-corrected chi connectivity index (χ3v) is 5.52. The number of fused-ring (bicyclic) bond motifs is 1. The number of hydrogen-bond donors (Lipinski definition) is 0. The van der Waals surface area contributed by atoms with Gasteiger partial charge in [0.05, 0.1) is 28.5 Å². The molecule has 0 N–H and O–H groups in total. The Bertz CT molecular complexity index is 1140.